The second-order valence-electron chi connectivity index (χ2n) is 2.96. The molecule has 0 atom stereocenters. The average molecular weight is 286 g/mol. The molecule has 0 radical (unpaired) electrons. The Bertz CT molecular complexity index is 454. The molecule has 0 spiro atoms. The molecule has 0 N–H and O–H groups in total. The van der Waals surface area contributed by atoms with E-state index in [0.717, 1.165) is 6.07 Å². The lowest BCUT2D eigenvalue weighted by Crippen LogP contribution is -2.08. The zero-order valence-electron chi connectivity index (χ0n) is 8.59. The Morgan fingerprint density at radius 3 is 2.81 bits per heavy atom. The Hall–Kier alpha value is -1.41. The molecule has 0 fully saturated rings. The van der Waals surface area contributed by atoms with Crippen LogP contribution in [0.5, 0.6) is 0 Å². The van der Waals surface area contributed by atoms with E-state index < -0.39 is 11.8 Å². The largest absolute Gasteiger partial charge is 0.462 e. The molecular weight excluding hydrogens is 277 g/mol. The van der Waals surface area contributed by atoms with Crippen molar-refractivity contribution in [1.82, 2.24) is 0 Å². The van der Waals surface area contributed by atoms with Gasteiger partial charge in [0.15, 0.2) is 0 Å². The fourth-order valence-corrected chi connectivity index (χ4v) is 1.66. The summed E-state index contributed by atoms with van der Waals surface area (Å²) in [6.07, 6.45) is 0. The van der Waals surface area contributed by atoms with E-state index in [9.17, 15) is 9.18 Å². The minimum absolute atomic E-state index is 0.143. The van der Waals surface area contributed by atoms with E-state index in [1.54, 1.807) is 6.92 Å². The molecular formula is C11H9BrFNO2. The van der Waals surface area contributed by atoms with E-state index in [0.29, 0.717) is 10.9 Å². The first kappa shape index (κ1) is 12.7. The summed E-state index contributed by atoms with van der Waals surface area (Å²) < 4.78 is 18.2. The van der Waals surface area contributed by atoms with Crippen LogP contribution in [0.2, 0.25) is 0 Å². The SMILES string of the molecule is CCOC(=O)c1cc(CBr)c(C#N)cc1F. The number of alkyl halides is 1. The van der Waals surface area contributed by atoms with Gasteiger partial charge in [-0.2, -0.15) is 5.26 Å². The lowest BCUT2D eigenvalue weighted by Gasteiger charge is -2.06. The summed E-state index contributed by atoms with van der Waals surface area (Å²) in [5.41, 5.74) is 0.629. The van der Waals surface area contributed by atoms with Crippen molar-refractivity contribution in [2.24, 2.45) is 0 Å². The Kier molecular flexibility index (Phi) is 4.44. The molecule has 1 rings (SSSR count). The van der Waals surface area contributed by atoms with Crippen LogP contribution in [0.4, 0.5) is 4.39 Å². The maximum Gasteiger partial charge on any atom is 0.341 e. The maximum absolute atomic E-state index is 13.5. The third-order valence-corrected chi connectivity index (χ3v) is 2.56. The van der Waals surface area contributed by atoms with Crippen LogP contribution < -0.4 is 0 Å². The van der Waals surface area contributed by atoms with Gasteiger partial charge >= 0.3 is 5.97 Å². The van der Waals surface area contributed by atoms with Crippen LogP contribution >= 0.6 is 15.9 Å². The van der Waals surface area contributed by atoms with Gasteiger partial charge in [-0.15, -0.1) is 0 Å². The highest BCUT2D eigenvalue weighted by molar-refractivity contribution is 9.08. The summed E-state index contributed by atoms with van der Waals surface area (Å²) in [7, 11) is 0. The highest BCUT2D eigenvalue weighted by Gasteiger charge is 2.16. The molecule has 0 heterocycles. The number of esters is 1. The summed E-state index contributed by atoms with van der Waals surface area (Å²) in [6.45, 7) is 1.83. The smallest absolute Gasteiger partial charge is 0.341 e. The topological polar surface area (TPSA) is 50.1 Å². The molecule has 16 heavy (non-hydrogen) atoms. The standard InChI is InChI=1S/C11H9BrFNO2/c1-2-16-11(15)9-3-7(5-12)8(6-14)4-10(9)13/h3-4H,2,5H2,1H3. The number of rotatable bonds is 3. The van der Waals surface area contributed by atoms with E-state index in [1.165, 1.54) is 6.07 Å². The predicted octanol–water partition coefficient (Wildman–Crippen LogP) is 2.77. The highest BCUT2D eigenvalue weighted by Crippen LogP contribution is 2.18. The van der Waals surface area contributed by atoms with E-state index in [1.807, 2.05) is 6.07 Å². The van der Waals surface area contributed by atoms with Gasteiger partial charge in [0.05, 0.1) is 23.8 Å². The average Bonchev–Trinajstić information content (AvgIpc) is 2.28. The van der Waals surface area contributed by atoms with Crippen molar-refractivity contribution in [3.05, 3.63) is 34.6 Å². The molecule has 1 aromatic carbocycles. The van der Waals surface area contributed by atoms with Gasteiger partial charge < -0.3 is 4.74 Å². The van der Waals surface area contributed by atoms with E-state index >= 15 is 0 Å². The molecule has 0 bridgehead atoms. The molecule has 0 aliphatic rings. The molecule has 3 nitrogen and oxygen atoms in total. The van der Waals surface area contributed by atoms with Crippen LogP contribution in [0.15, 0.2) is 12.1 Å². The van der Waals surface area contributed by atoms with Crippen molar-refractivity contribution in [2.75, 3.05) is 6.61 Å². The van der Waals surface area contributed by atoms with Gasteiger partial charge in [-0.3, -0.25) is 0 Å². The van der Waals surface area contributed by atoms with E-state index in [4.69, 9.17) is 10.00 Å². The Morgan fingerprint density at radius 2 is 2.31 bits per heavy atom. The summed E-state index contributed by atoms with van der Waals surface area (Å²) in [5, 5.41) is 9.13. The van der Waals surface area contributed by atoms with E-state index in [2.05, 4.69) is 15.9 Å². The summed E-state index contributed by atoms with van der Waals surface area (Å²) in [5.74, 6) is -1.45. The van der Waals surface area contributed by atoms with Gasteiger partial charge in [0, 0.05) is 5.33 Å². The normalized spacial score (nSPS) is 9.62. The monoisotopic (exact) mass is 285 g/mol. The Balaban J connectivity index is 3.22. The van der Waals surface area contributed by atoms with Crippen molar-refractivity contribution in [3.8, 4) is 6.07 Å². The molecule has 0 aliphatic carbocycles. The van der Waals surface area contributed by atoms with Gasteiger partial charge in [-0.25, -0.2) is 9.18 Å². The maximum atomic E-state index is 13.5. The molecule has 0 aromatic heterocycles. The second-order valence-corrected chi connectivity index (χ2v) is 3.52. The minimum atomic E-state index is -0.736. The third kappa shape index (κ3) is 2.58. The summed E-state index contributed by atoms with van der Waals surface area (Å²) in [6, 6.07) is 4.24. The predicted molar refractivity (Wildman–Crippen MR) is 59.7 cm³/mol. The number of nitrogens with zero attached hydrogens (tertiary/aromatic N) is 1. The van der Waals surface area contributed by atoms with E-state index in [-0.39, 0.29) is 17.7 Å². The number of carbonyl (C=O) groups excluding carboxylic acids is 1. The van der Waals surface area contributed by atoms with Crippen LogP contribution in [-0.4, -0.2) is 12.6 Å². The Labute approximate surface area is 101 Å². The van der Waals surface area contributed by atoms with Crippen LogP contribution in [0.25, 0.3) is 0 Å². The fraction of sp³-hybridized carbons (Fsp3) is 0.273. The molecule has 1 aromatic rings. The highest BCUT2D eigenvalue weighted by atomic mass is 79.9. The number of hydrogen-bond acceptors (Lipinski definition) is 3. The van der Waals surface area contributed by atoms with Crippen molar-refractivity contribution >= 4 is 21.9 Å². The van der Waals surface area contributed by atoms with Gasteiger partial charge in [-0.1, -0.05) is 15.9 Å². The van der Waals surface area contributed by atoms with Crippen molar-refractivity contribution < 1.29 is 13.9 Å². The van der Waals surface area contributed by atoms with Crippen molar-refractivity contribution in [2.45, 2.75) is 12.3 Å². The van der Waals surface area contributed by atoms with Crippen molar-refractivity contribution in [3.63, 3.8) is 0 Å². The van der Waals surface area contributed by atoms with Gasteiger partial charge in [0.2, 0.25) is 0 Å². The van der Waals surface area contributed by atoms with Crippen LogP contribution in [0, 0.1) is 17.1 Å². The van der Waals surface area contributed by atoms with Crippen LogP contribution in [-0.2, 0) is 10.1 Å². The Morgan fingerprint density at radius 1 is 1.62 bits per heavy atom. The van der Waals surface area contributed by atoms with Crippen LogP contribution in [0.3, 0.4) is 0 Å². The number of carbonyl (C=O) groups is 1. The zero-order valence-corrected chi connectivity index (χ0v) is 10.2. The van der Waals surface area contributed by atoms with Gasteiger partial charge in [0.25, 0.3) is 0 Å². The first-order chi connectivity index (χ1) is 7.63. The number of benzene rings is 1. The first-order valence-corrected chi connectivity index (χ1v) is 5.71. The second kappa shape index (κ2) is 5.61. The summed E-state index contributed by atoms with van der Waals surface area (Å²) >= 11 is 3.17. The number of ether oxygens (including phenoxy) is 1. The molecule has 0 aliphatic heterocycles. The molecule has 84 valence electrons. The van der Waals surface area contributed by atoms with Gasteiger partial charge in [0.1, 0.15) is 5.82 Å². The van der Waals surface area contributed by atoms with Gasteiger partial charge in [-0.05, 0) is 24.6 Å². The van der Waals surface area contributed by atoms with Crippen LogP contribution in [0.1, 0.15) is 28.4 Å². The lowest BCUT2D eigenvalue weighted by molar-refractivity contribution is 0.0521. The lowest BCUT2D eigenvalue weighted by atomic mass is 10.1. The minimum Gasteiger partial charge on any atom is -0.462 e. The van der Waals surface area contributed by atoms with Crippen molar-refractivity contribution in [1.29, 1.82) is 5.26 Å². The summed E-state index contributed by atoms with van der Waals surface area (Å²) in [4.78, 5) is 11.4. The number of nitriles is 1. The molecule has 0 amide bonds. The molecule has 5 heteroatoms. The molecule has 0 saturated carbocycles. The first-order valence-electron chi connectivity index (χ1n) is 4.59. The zero-order chi connectivity index (χ0) is 12.1. The third-order valence-electron chi connectivity index (χ3n) is 1.95. The number of hydrogen-bond donors (Lipinski definition) is 0. The molecule has 0 unspecified atom stereocenters. The fourth-order valence-electron chi connectivity index (χ4n) is 1.20. The number of halogens is 2. The quantitative estimate of drug-likeness (QED) is 0.634. The molecule has 0 saturated heterocycles.